The number of nitrogens with one attached hydrogen (secondary N) is 2. The molecular formula is C44H44N4P2. The van der Waals surface area contributed by atoms with E-state index < -0.39 is 15.8 Å². The van der Waals surface area contributed by atoms with Crippen LogP contribution in [0.15, 0.2) is 180 Å². The summed E-state index contributed by atoms with van der Waals surface area (Å²) < 4.78 is 0. The maximum absolute atomic E-state index is 5.46. The van der Waals surface area contributed by atoms with Crippen LogP contribution in [0.5, 0.6) is 0 Å². The number of para-hydroxylation sites is 1. The van der Waals surface area contributed by atoms with Crippen LogP contribution < -0.4 is 31.9 Å². The van der Waals surface area contributed by atoms with E-state index >= 15 is 0 Å². The molecule has 0 unspecified atom stereocenters. The molecule has 0 amide bonds. The maximum Gasteiger partial charge on any atom is 0.134 e. The zero-order valence-corrected chi connectivity index (χ0v) is 30.9. The van der Waals surface area contributed by atoms with Crippen LogP contribution in [0, 0.1) is 0 Å². The third-order valence-electron chi connectivity index (χ3n) is 7.84. The molecule has 0 saturated heterocycles. The summed E-state index contributed by atoms with van der Waals surface area (Å²) in [5.41, 5.74) is 5.93. The molecule has 0 aliphatic heterocycles. The molecule has 0 bridgehead atoms. The van der Waals surface area contributed by atoms with Gasteiger partial charge >= 0.3 is 0 Å². The Morgan fingerprint density at radius 1 is 0.440 bits per heavy atom. The summed E-state index contributed by atoms with van der Waals surface area (Å²) in [6, 6.07) is 60.3. The highest BCUT2D eigenvalue weighted by atomic mass is 31.1. The minimum Gasteiger partial charge on any atom is -0.367 e. The van der Waals surface area contributed by atoms with Crippen molar-refractivity contribution < 1.29 is 0 Å². The predicted molar refractivity (Wildman–Crippen MR) is 221 cm³/mol. The van der Waals surface area contributed by atoms with Crippen molar-refractivity contribution in [3.63, 3.8) is 0 Å². The van der Waals surface area contributed by atoms with Gasteiger partial charge in [0.05, 0.1) is 11.4 Å². The Kier molecular flexibility index (Phi) is 12.0. The van der Waals surface area contributed by atoms with Crippen LogP contribution in [0.3, 0.4) is 0 Å². The number of rotatable bonds is 11. The Morgan fingerprint density at radius 2 is 0.840 bits per heavy atom. The molecule has 6 aromatic rings. The molecule has 6 rings (SSSR count). The van der Waals surface area contributed by atoms with Gasteiger partial charge in [-0.05, 0) is 72.7 Å². The fourth-order valence-corrected chi connectivity index (χ4v) is 10.4. The molecule has 0 aromatic heterocycles. The van der Waals surface area contributed by atoms with Crippen molar-refractivity contribution in [2.45, 2.75) is 39.8 Å². The van der Waals surface area contributed by atoms with E-state index in [1.54, 1.807) is 0 Å². The topological polar surface area (TPSA) is 48.8 Å². The van der Waals surface area contributed by atoms with Gasteiger partial charge in [0.25, 0.3) is 0 Å². The van der Waals surface area contributed by atoms with Crippen LogP contribution in [-0.4, -0.2) is 23.2 Å². The number of aliphatic imine (C=N–C) groups is 2. The molecule has 2 N–H and O–H groups in total. The highest BCUT2D eigenvalue weighted by Crippen LogP contribution is 2.40. The van der Waals surface area contributed by atoms with E-state index in [1.165, 1.54) is 21.2 Å². The maximum atomic E-state index is 5.46. The third-order valence-corrected chi connectivity index (χ3v) is 12.4. The van der Waals surface area contributed by atoms with Crippen molar-refractivity contribution in [3.8, 4) is 11.1 Å². The molecule has 250 valence electrons. The van der Waals surface area contributed by atoms with Gasteiger partial charge in [-0.25, -0.2) is 9.98 Å². The van der Waals surface area contributed by atoms with Crippen LogP contribution in [0.1, 0.15) is 27.7 Å². The Labute approximate surface area is 300 Å². The van der Waals surface area contributed by atoms with Gasteiger partial charge in [-0.2, -0.15) is 0 Å². The molecule has 0 saturated carbocycles. The van der Waals surface area contributed by atoms with Crippen LogP contribution in [0.4, 0.5) is 11.4 Å². The summed E-state index contributed by atoms with van der Waals surface area (Å²) in [6.07, 6.45) is 0. The summed E-state index contributed by atoms with van der Waals surface area (Å²) in [5.74, 6) is 0. The van der Waals surface area contributed by atoms with Crippen LogP contribution in [-0.2, 0) is 0 Å². The lowest BCUT2D eigenvalue weighted by Crippen LogP contribution is -2.34. The lowest BCUT2D eigenvalue weighted by atomic mass is 10.0. The molecule has 0 radical (unpaired) electrons. The van der Waals surface area contributed by atoms with Gasteiger partial charge in [-0.15, -0.1) is 0 Å². The largest absolute Gasteiger partial charge is 0.367 e. The van der Waals surface area contributed by atoms with Crippen LogP contribution in [0.25, 0.3) is 11.1 Å². The smallest absolute Gasteiger partial charge is 0.134 e. The van der Waals surface area contributed by atoms with E-state index in [4.69, 9.17) is 9.98 Å². The van der Waals surface area contributed by atoms with Gasteiger partial charge in [0, 0.05) is 33.5 Å². The Bertz CT molecular complexity index is 1930. The van der Waals surface area contributed by atoms with Gasteiger partial charge in [0.1, 0.15) is 11.2 Å². The van der Waals surface area contributed by atoms with E-state index in [-0.39, 0.29) is 12.1 Å². The second kappa shape index (κ2) is 17.2. The van der Waals surface area contributed by atoms with Crippen molar-refractivity contribution in [3.05, 3.63) is 170 Å². The Balaban J connectivity index is 1.45. The first-order chi connectivity index (χ1) is 24.5. The Hall–Kier alpha value is -4.88. The van der Waals surface area contributed by atoms with E-state index in [9.17, 15) is 0 Å². The molecule has 0 aliphatic carbocycles. The second-order valence-corrected chi connectivity index (χ2v) is 16.8. The van der Waals surface area contributed by atoms with Crippen LogP contribution >= 0.6 is 15.8 Å². The Morgan fingerprint density at radius 3 is 1.28 bits per heavy atom. The number of nitrogens with zero attached hydrogens (tertiary/aromatic N) is 2. The molecule has 6 aromatic carbocycles. The third kappa shape index (κ3) is 9.01. The molecule has 0 fully saturated rings. The average Bonchev–Trinajstić information content (AvgIpc) is 3.13. The highest BCUT2D eigenvalue weighted by Gasteiger charge is 2.23. The number of hydrogen-bond acceptors (Lipinski definition) is 2. The minimum atomic E-state index is -0.919. The lowest BCUT2D eigenvalue weighted by Gasteiger charge is -2.24. The normalized spacial score (nSPS) is 12.2. The first-order valence-electron chi connectivity index (χ1n) is 17.2. The molecule has 0 spiro atoms. The average molecular weight is 691 g/mol. The molecule has 4 nitrogen and oxygen atoms in total. The van der Waals surface area contributed by atoms with E-state index in [0.717, 1.165) is 33.7 Å². The number of amidine groups is 2. The molecule has 0 aliphatic rings. The van der Waals surface area contributed by atoms with Crippen molar-refractivity contribution in [1.29, 1.82) is 0 Å². The standard InChI is InChI=1S/C44H44N4P2/c1-33(2)45-43(49(37-22-9-5-10-23-37)38-24-11-6-12-25-38)47-36-21-19-20-35(32-36)41-30-17-18-31-42(41)48-44(46-34(3)4)50(39-26-13-7-14-27-39)40-28-15-8-16-29-40/h5-34H,1-4H3,(H,45,47)(H,46,48). The second-order valence-electron chi connectivity index (χ2n) is 12.5. The van der Waals surface area contributed by atoms with Crippen molar-refractivity contribution >= 4 is 59.6 Å². The van der Waals surface area contributed by atoms with Crippen molar-refractivity contribution in [2.75, 3.05) is 0 Å². The van der Waals surface area contributed by atoms with Gasteiger partial charge in [-0.3, -0.25) is 0 Å². The summed E-state index contributed by atoms with van der Waals surface area (Å²) in [4.78, 5) is 10.8. The van der Waals surface area contributed by atoms with Gasteiger partial charge < -0.3 is 10.6 Å². The predicted octanol–water partition coefficient (Wildman–Crippen LogP) is 9.59. The van der Waals surface area contributed by atoms with E-state index in [0.29, 0.717) is 0 Å². The summed E-state index contributed by atoms with van der Waals surface area (Å²) in [5, 5.41) is 12.5. The fraction of sp³-hybridized carbons (Fsp3) is 0.136. The van der Waals surface area contributed by atoms with E-state index in [2.05, 4.69) is 208 Å². The van der Waals surface area contributed by atoms with Gasteiger partial charge in [-0.1, -0.05) is 152 Å². The fourth-order valence-electron chi connectivity index (χ4n) is 5.70. The molecule has 0 heterocycles. The summed E-state index contributed by atoms with van der Waals surface area (Å²) >= 11 is 0. The SMILES string of the molecule is CC(C)N/C(=N/c1cccc(-c2ccccc2/N=C(/NC(C)C)P(c2ccccc2)c2ccccc2)c1)P(c1ccccc1)c1ccccc1. The summed E-state index contributed by atoms with van der Waals surface area (Å²) in [7, 11) is -1.82. The van der Waals surface area contributed by atoms with Gasteiger partial charge in [0.2, 0.25) is 0 Å². The van der Waals surface area contributed by atoms with Crippen molar-refractivity contribution in [1.82, 2.24) is 10.6 Å². The van der Waals surface area contributed by atoms with Crippen molar-refractivity contribution in [2.24, 2.45) is 9.98 Å². The first kappa shape index (κ1) is 35.0. The number of benzene rings is 6. The first-order valence-corrected chi connectivity index (χ1v) is 19.8. The highest BCUT2D eigenvalue weighted by molar-refractivity contribution is 7.88. The van der Waals surface area contributed by atoms with E-state index in [1.807, 2.05) is 0 Å². The zero-order valence-electron chi connectivity index (χ0n) is 29.1. The van der Waals surface area contributed by atoms with Crippen LogP contribution in [0.2, 0.25) is 0 Å². The minimum absolute atomic E-state index is 0.215. The molecule has 6 heteroatoms. The molecule has 0 atom stereocenters. The monoisotopic (exact) mass is 690 g/mol. The lowest BCUT2D eigenvalue weighted by molar-refractivity contribution is 0.740. The molecule has 50 heavy (non-hydrogen) atoms. The zero-order chi connectivity index (χ0) is 34.7. The quantitative estimate of drug-likeness (QED) is 0.0809. The summed E-state index contributed by atoms with van der Waals surface area (Å²) in [6.45, 7) is 8.70. The number of hydrogen-bond donors (Lipinski definition) is 2. The van der Waals surface area contributed by atoms with Gasteiger partial charge in [0.15, 0.2) is 0 Å². The molecular weight excluding hydrogens is 646 g/mol.